The van der Waals surface area contributed by atoms with Crippen LogP contribution in [0.15, 0.2) is 60.7 Å². The Morgan fingerprint density at radius 1 is 0.710 bits per heavy atom. The van der Waals surface area contributed by atoms with Crippen LogP contribution in [0.3, 0.4) is 0 Å². The molecule has 0 spiro atoms. The van der Waals surface area contributed by atoms with E-state index in [2.05, 4.69) is 0 Å². The molecule has 0 aromatic heterocycles. The van der Waals surface area contributed by atoms with Crippen LogP contribution in [-0.2, 0) is 41.6 Å². The Morgan fingerprint density at radius 3 is 1.55 bits per heavy atom. The van der Waals surface area contributed by atoms with Crippen molar-refractivity contribution >= 4 is 0 Å². The Kier molecular flexibility index (Phi) is 6.34. The zero-order chi connectivity index (χ0) is 21.2. The molecule has 8 atom stereocenters. The summed E-state index contributed by atoms with van der Waals surface area (Å²) >= 11 is 0. The van der Waals surface area contributed by atoms with Gasteiger partial charge in [-0.2, -0.15) is 0 Å². The van der Waals surface area contributed by atoms with Gasteiger partial charge < -0.3 is 33.5 Å². The second-order valence-corrected chi connectivity index (χ2v) is 8.26. The highest BCUT2D eigenvalue weighted by Crippen LogP contribution is 2.44. The minimum absolute atomic E-state index is 0.178. The van der Waals surface area contributed by atoms with Gasteiger partial charge in [0.15, 0.2) is 0 Å². The summed E-state index contributed by atoms with van der Waals surface area (Å²) in [5.41, 5.74) is 2.13. The van der Waals surface area contributed by atoms with E-state index in [1.165, 1.54) is 0 Å². The van der Waals surface area contributed by atoms with E-state index in [0.717, 1.165) is 11.1 Å². The summed E-state index contributed by atoms with van der Waals surface area (Å²) in [6.07, 6.45) is -2.83. The Balaban J connectivity index is 1.35. The van der Waals surface area contributed by atoms with Gasteiger partial charge >= 0.3 is 0 Å². The van der Waals surface area contributed by atoms with Gasteiger partial charge in [-0.3, -0.25) is 0 Å². The van der Waals surface area contributed by atoms with Gasteiger partial charge in [-0.1, -0.05) is 60.7 Å². The quantitative estimate of drug-likeness (QED) is 0.657. The highest BCUT2D eigenvalue weighted by Gasteiger charge is 2.63. The molecule has 1 N–H and O–H groups in total. The predicted molar refractivity (Wildman–Crippen MR) is 110 cm³/mol. The molecule has 4 bridgehead atoms. The average molecular weight is 428 g/mol. The van der Waals surface area contributed by atoms with Crippen molar-refractivity contribution in [2.75, 3.05) is 6.61 Å². The Bertz CT molecular complexity index is 769. The molecular formula is C24H28O7. The summed E-state index contributed by atoms with van der Waals surface area (Å²) in [5, 5.41) is 9.75. The smallest absolute Gasteiger partial charge is 0.272 e. The predicted octanol–water partition coefficient (Wildman–Crippen LogP) is 2.40. The third kappa shape index (κ3) is 4.54. The van der Waals surface area contributed by atoms with Gasteiger partial charge in [0, 0.05) is 0 Å². The molecule has 7 nitrogen and oxygen atoms in total. The standard InChI is InChI=1S/C24H28O7/c1-15(25)12-26-18-21-19(27-13-16-8-4-2-5-9-16)23-20(22(18)30-24(29-21)31-23)28-14-17-10-6-3-7-11-17/h2-11,15,18-25H,12-14H2,1H3/t15-,18?,19?,20?,21-,22?,23?,24?/m0/s1. The number of aliphatic hydroxyl groups is 1. The molecule has 31 heavy (non-hydrogen) atoms. The lowest BCUT2D eigenvalue weighted by Gasteiger charge is -2.58. The fraction of sp³-hybridized carbons (Fsp3) is 0.500. The fourth-order valence-electron chi connectivity index (χ4n) is 4.42. The van der Waals surface area contributed by atoms with Gasteiger partial charge in [0.2, 0.25) is 0 Å². The number of benzene rings is 2. The van der Waals surface area contributed by atoms with Crippen molar-refractivity contribution in [3.63, 3.8) is 0 Å². The minimum atomic E-state index is -0.750. The van der Waals surface area contributed by atoms with Crippen molar-refractivity contribution in [3.8, 4) is 0 Å². The SMILES string of the molecule is C[C@H](O)COC1C2OC3OC(C2OCc2ccccc2)C(OCc2ccccc2)[C@H]1O3. The summed E-state index contributed by atoms with van der Waals surface area (Å²) in [4.78, 5) is 0. The van der Waals surface area contributed by atoms with Crippen molar-refractivity contribution in [2.45, 2.75) is 69.3 Å². The second-order valence-electron chi connectivity index (χ2n) is 8.26. The normalized spacial score (nSPS) is 34.7. The van der Waals surface area contributed by atoms with E-state index in [-0.39, 0.29) is 37.1 Å². The fourth-order valence-corrected chi connectivity index (χ4v) is 4.42. The zero-order valence-corrected chi connectivity index (χ0v) is 17.4. The molecule has 166 valence electrons. The van der Waals surface area contributed by atoms with Crippen molar-refractivity contribution < 1.29 is 33.5 Å². The van der Waals surface area contributed by atoms with Gasteiger partial charge in [0.1, 0.15) is 36.6 Å². The molecule has 2 aromatic carbocycles. The van der Waals surface area contributed by atoms with Crippen molar-refractivity contribution in [2.24, 2.45) is 0 Å². The third-order valence-corrected chi connectivity index (χ3v) is 5.85. The van der Waals surface area contributed by atoms with E-state index in [4.69, 9.17) is 28.4 Å². The summed E-state index contributed by atoms with van der Waals surface area (Å²) < 4.78 is 36.5. The van der Waals surface area contributed by atoms with Crippen LogP contribution in [0.4, 0.5) is 0 Å². The molecule has 3 saturated heterocycles. The first-order valence-corrected chi connectivity index (χ1v) is 10.8. The summed E-state index contributed by atoms with van der Waals surface area (Å²) in [6.45, 7) is 1.97. The maximum absolute atomic E-state index is 9.75. The first-order valence-electron chi connectivity index (χ1n) is 10.8. The summed E-state index contributed by atoms with van der Waals surface area (Å²) in [6, 6.07) is 20.0. The van der Waals surface area contributed by atoms with E-state index in [1.54, 1.807) is 6.92 Å². The maximum atomic E-state index is 9.75. The van der Waals surface area contributed by atoms with Crippen LogP contribution in [0.1, 0.15) is 18.1 Å². The van der Waals surface area contributed by atoms with Crippen molar-refractivity contribution in [3.05, 3.63) is 71.8 Å². The van der Waals surface area contributed by atoms with Crippen LogP contribution < -0.4 is 0 Å². The first-order chi connectivity index (χ1) is 15.2. The molecule has 4 fully saturated rings. The van der Waals surface area contributed by atoms with Crippen LogP contribution >= 0.6 is 0 Å². The molecule has 1 saturated carbocycles. The molecule has 0 amide bonds. The van der Waals surface area contributed by atoms with Crippen LogP contribution in [0.2, 0.25) is 0 Å². The topological polar surface area (TPSA) is 75.6 Å². The first kappa shape index (κ1) is 21.0. The molecule has 4 aliphatic rings. The second kappa shape index (κ2) is 9.34. The monoisotopic (exact) mass is 428 g/mol. The molecule has 3 heterocycles. The van der Waals surface area contributed by atoms with Crippen LogP contribution in [0.5, 0.6) is 0 Å². The van der Waals surface area contributed by atoms with Gasteiger partial charge in [-0.15, -0.1) is 0 Å². The Morgan fingerprint density at radius 2 is 1.13 bits per heavy atom. The molecule has 7 heteroatoms. The highest BCUT2D eigenvalue weighted by atomic mass is 16.9. The molecule has 6 rings (SSSR count). The lowest BCUT2D eigenvalue weighted by atomic mass is 9.82. The van der Waals surface area contributed by atoms with Crippen molar-refractivity contribution in [1.29, 1.82) is 0 Å². The van der Waals surface area contributed by atoms with E-state index in [1.807, 2.05) is 60.7 Å². The molecule has 3 aliphatic heterocycles. The molecule has 0 radical (unpaired) electrons. The highest BCUT2D eigenvalue weighted by molar-refractivity contribution is 5.15. The van der Waals surface area contributed by atoms with Gasteiger partial charge in [-0.05, 0) is 18.1 Å². The average Bonchev–Trinajstić information content (AvgIpc) is 2.79. The summed E-state index contributed by atoms with van der Waals surface area (Å²) in [5.74, 6) is 0. The zero-order valence-electron chi connectivity index (χ0n) is 17.4. The lowest BCUT2D eigenvalue weighted by molar-refractivity contribution is -0.489. The van der Waals surface area contributed by atoms with E-state index < -0.39 is 18.7 Å². The number of rotatable bonds is 9. The van der Waals surface area contributed by atoms with Gasteiger partial charge in [0.05, 0.1) is 25.9 Å². The van der Waals surface area contributed by atoms with E-state index in [9.17, 15) is 5.11 Å². The molecule has 6 unspecified atom stereocenters. The lowest BCUT2D eigenvalue weighted by Crippen LogP contribution is -2.76. The number of aliphatic hydroxyl groups excluding tert-OH is 1. The Hall–Kier alpha value is -1.84. The maximum Gasteiger partial charge on any atom is 0.272 e. The number of ether oxygens (including phenoxy) is 6. The van der Waals surface area contributed by atoms with E-state index >= 15 is 0 Å². The molecule has 2 aromatic rings. The van der Waals surface area contributed by atoms with Crippen molar-refractivity contribution in [1.82, 2.24) is 0 Å². The minimum Gasteiger partial charge on any atom is -0.391 e. The largest absolute Gasteiger partial charge is 0.391 e. The van der Waals surface area contributed by atoms with Gasteiger partial charge in [0.25, 0.3) is 6.48 Å². The van der Waals surface area contributed by atoms with Crippen LogP contribution in [0.25, 0.3) is 0 Å². The van der Waals surface area contributed by atoms with E-state index in [0.29, 0.717) is 13.2 Å². The summed E-state index contributed by atoms with van der Waals surface area (Å²) in [7, 11) is 0. The third-order valence-electron chi connectivity index (χ3n) is 5.85. The molecular weight excluding hydrogens is 400 g/mol. The van der Waals surface area contributed by atoms with Gasteiger partial charge in [-0.25, -0.2) is 0 Å². The van der Waals surface area contributed by atoms with Crippen LogP contribution in [-0.4, -0.2) is 60.9 Å². The number of hydrogen-bond donors (Lipinski definition) is 1. The van der Waals surface area contributed by atoms with Crippen LogP contribution in [0, 0.1) is 0 Å². The Labute approximate surface area is 181 Å². The number of hydrogen-bond acceptors (Lipinski definition) is 7. The molecule has 1 aliphatic carbocycles.